The molecular weight excluding hydrogens is 679 g/mol. The molecule has 3 heterocycles. The summed E-state index contributed by atoms with van der Waals surface area (Å²) >= 11 is 1.84. The first-order chi connectivity index (χ1) is 26.7. The number of allylic oxidation sites excluding steroid dienone is 4. The Kier molecular flexibility index (Phi) is 7.13. The largest absolute Gasteiger partial charge is 0.456 e. The monoisotopic (exact) mass is 709 g/mol. The second-order valence-electron chi connectivity index (χ2n) is 13.9. The molecule has 4 nitrogen and oxygen atoms in total. The number of thiophene rings is 1. The van der Waals surface area contributed by atoms with Gasteiger partial charge in [-0.1, -0.05) is 127 Å². The van der Waals surface area contributed by atoms with Crippen LogP contribution in [0.3, 0.4) is 0 Å². The van der Waals surface area contributed by atoms with Crippen LogP contribution in [0, 0.1) is 0 Å². The molecule has 0 spiro atoms. The van der Waals surface area contributed by atoms with Gasteiger partial charge in [-0.3, -0.25) is 0 Å². The summed E-state index contributed by atoms with van der Waals surface area (Å²) in [6.45, 7) is 0. The molecule has 0 fully saturated rings. The molecule has 3 aromatic heterocycles. The third-order valence-corrected chi connectivity index (χ3v) is 11.8. The highest BCUT2D eigenvalue weighted by molar-refractivity contribution is 7.25. The third kappa shape index (κ3) is 5.24. The predicted molar refractivity (Wildman–Crippen MR) is 225 cm³/mol. The minimum atomic E-state index is 0.00780. The molecule has 1 aliphatic carbocycles. The molecule has 0 saturated heterocycles. The Morgan fingerprint density at radius 2 is 1.28 bits per heavy atom. The van der Waals surface area contributed by atoms with E-state index in [0.717, 1.165) is 56.3 Å². The van der Waals surface area contributed by atoms with Gasteiger partial charge < -0.3 is 4.42 Å². The summed E-state index contributed by atoms with van der Waals surface area (Å²) in [4.78, 5) is 15.6. The van der Waals surface area contributed by atoms with Crippen molar-refractivity contribution in [3.05, 3.63) is 181 Å². The van der Waals surface area contributed by atoms with Crippen LogP contribution in [0.25, 0.3) is 92.4 Å². The lowest BCUT2D eigenvalue weighted by Gasteiger charge is -2.17. The predicted octanol–water partition coefficient (Wildman–Crippen LogP) is 13.4. The van der Waals surface area contributed by atoms with E-state index in [1.165, 1.54) is 42.3 Å². The summed E-state index contributed by atoms with van der Waals surface area (Å²) < 4.78 is 9.10. The molecule has 54 heavy (non-hydrogen) atoms. The summed E-state index contributed by atoms with van der Waals surface area (Å²) in [5.74, 6) is 2.06. The van der Waals surface area contributed by atoms with Gasteiger partial charge in [0.05, 0.1) is 0 Å². The number of hydrogen-bond acceptors (Lipinski definition) is 5. The molecule has 5 heteroatoms. The van der Waals surface area contributed by atoms with Crippen LogP contribution in [0.5, 0.6) is 0 Å². The number of aromatic nitrogens is 3. The van der Waals surface area contributed by atoms with Gasteiger partial charge in [-0.25, -0.2) is 15.0 Å². The van der Waals surface area contributed by atoms with Crippen molar-refractivity contribution in [1.82, 2.24) is 15.0 Å². The number of fused-ring (bicyclic) bond motifs is 7. The van der Waals surface area contributed by atoms with E-state index >= 15 is 0 Å². The zero-order chi connectivity index (χ0) is 35.6. The molecule has 1 unspecified atom stereocenters. The molecule has 11 rings (SSSR count). The van der Waals surface area contributed by atoms with Gasteiger partial charge in [0.25, 0.3) is 0 Å². The molecule has 7 aromatic carbocycles. The van der Waals surface area contributed by atoms with Crippen LogP contribution in [-0.4, -0.2) is 15.0 Å². The zero-order valence-corrected chi connectivity index (χ0v) is 29.9. The van der Waals surface area contributed by atoms with Crippen molar-refractivity contribution in [3.63, 3.8) is 0 Å². The van der Waals surface area contributed by atoms with E-state index in [-0.39, 0.29) is 5.92 Å². The van der Waals surface area contributed by atoms with E-state index in [1.807, 2.05) is 23.5 Å². The van der Waals surface area contributed by atoms with Crippen molar-refractivity contribution < 1.29 is 4.42 Å². The van der Waals surface area contributed by atoms with E-state index in [1.54, 1.807) is 0 Å². The van der Waals surface area contributed by atoms with Gasteiger partial charge in [0.2, 0.25) is 0 Å². The number of hydrogen-bond donors (Lipinski definition) is 0. The van der Waals surface area contributed by atoms with Crippen LogP contribution < -0.4 is 0 Å². The van der Waals surface area contributed by atoms with Crippen LogP contribution >= 0.6 is 11.3 Å². The van der Waals surface area contributed by atoms with E-state index in [0.29, 0.717) is 11.6 Å². The highest BCUT2D eigenvalue weighted by Gasteiger charge is 2.22. The van der Waals surface area contributed by atoms with Gasteiger partial charge in [-0.05, 0) is 81.9 Å². The SMILES string of the molecule is C1=CC(c2nc(-c3ccc4ccccc4c3)nc(-c3cccc4oc5ccc(-c6ccc7sc8ccccc8c7c6)cc5c34)n2)CC=C1c1ccccc1. The molecule has 0 amide bonds. The van der Waals surface area contributed by atoms with Gasteiger partial charge in [-0.2, -0.15) is 0 Å². The Morgan fingerprint density at radius 1 is 0.519 bits per heavy atom. The minimum absolute atomic E-state index is 0.00780. The van der Waals surface area contributed by atoms with Crippen LogP contribution in [0.1, 0.15) is 23.7 Å². The molecule has 10 aromatic rings. The lowest BCUT2D eigenvalue weighted by molar-refractivity contribution is 0.669. The van der Waals surface area contributed by atoms with Crippen LogP contribution in [-0.2, 0) is 0 Å². The fourth-order valence-corrected chi connectivity index (χ4v) is 8.98. The second-order valence-corrected chi connectivity index (χ2v) is 15.0. The molecule has 0 N–H and O–H groups in total. The Hall–Kier alpha value is -6.69. The third-order valence-electron chi connectivity index (χ3n) is 10.6. The second kappa shape index (κ2) is 12.5. The van der Waals surface area contributed by atoms with Crippen molar-refractivity contribution in [2.75, 3.05) is 0 Å². The fourth-order valence-electron chi connectivity index (χ4n) is 7.89. The van der Waals surface area contributed by atoms with Gasteiger partial charge in [0.15, 0.2) is 11.6 Å². The standard InChI is InChI=1S/C49H31N3OS/c1-2-9-30(10-3-1)32-17-20-33(21-18-32)47-50-48(37-22-19-31-11-4-5-12-34(31)27-37)52-49(51-47)39-14-8-15-43-46(39)41-29-35(23-25-42(41)53-43)36-24-26-45-40(28-36)38-13-6-7-16-44(38)54-45/h1-20,22-29,33H,21H2. The quantitative estimate of drug-likeness (QED) is 0.178. The molecule has 0 bridgehead atoms. The maximum Gasteiger partial charge on any atom is 0.164 e. The van der Waals surface area contributed by atoms with E-state index in [2.05, 4.69) is 158 Å². The summed E-state index contributed by atoms with van der Waals surface area (Å²) in [5.41, 5.74) is 8.26. The van der Waals surface area contributed by atoms with E-state index < -0.39 is 0 Å². The molecule has 0 saturated carbocycles. The first kappa shape index (κ1) is 30.9. The van der Waals surface area contributed by atoms with Crippen molar-refractivity contribution in [3.8, 4) is 33.9 Å². The van der Waals surface area contributed by atoms with Crippen molar-refractivity contribution in [1.29, 1.82) is 0 Å². The number of furan rings is 1. The number of rotatable bonds is 5. The van der Waals surface area contributed by atoms with Gasteiger partial charge in [-0.15, -0.1) is 11.3 Å². The lowest BCUT2D eigenvalue weighted by atomic mass is 9.92. The van der Waals surface area contributed by atoms with Crippen LogP contribution in [0.4, 0.5) is 0 Å². The summed E-state index contributed by atoms with van der Waals surface area (Å²) in [7, 11) is 0. The first-order valence-electron chi connectivity index (χ1n) is 18.3. The molecule has 1 atom stereocenters. The minimum Gasteiger partial charge on any atom is -0.456 e. The highest BCUT2D eigenvalue weighted by Crippen LogP contribution is 2.41. The fraction of sp³-hybridized carbons (Fsp3) is 0.0408. The Labute approximate surface area is 315 Å². The van der Waals surface area contributed by atoms with Gasteiger partial charge in [0.1, 0.15) is 17.0 Å². The van der Waals surface area contributed by atoms with E-state index in [9.17, 15) is 0 Å². The van der Waals surface area contributed by atoms with Crippen molar-refractivity contribution in [2.24, 2.45) is 0 Å². The topological polar surface area (TPSA) is 51.8 Å². The molecule has 0 radical (unpaired) electrons. The molecular formula is C49H31N3OS. The molecule has 1 aliphatic rings. The number of benzene rings is 7. The van der Waals surface area contributed by atoms with Crippen molar-refractivity contribution >= 4 is 69.8 Å². The number of nitrogens with zero attached hydrogens (tertiary/aromatic N) is 3. The van der Waals surface area contributed by atoms with Gasteiger partial charge in [0, 0.05) is 48.0 Å². The van der Waals surface area contributed by atoms with Crippen molar-refractivity contribution in [2.45, 2.75) is 12.3 Å². The summed E-state index contributed by atoms with van der Waals surface area (Å²) in [5, 5.41) is 6.95. The summed E-state index contributed by atoms with van der Waals surface area (Å²) in [6, 6.07) is 53.5. The maximum atomic E-state index is 6.50. The molecule has 0 aliphatic heterocycles. The summed E-state index contributed by atoms with van der Waals surface area (Å²) in [6.07, 6.45) is 7.53. The average Bonchev–Trinajstić information content (AvgIpc) is 3.81. The van der Waals surface area contributed by atoms with Crippen LogP contribution in [0.15, 0.2) is 174 Å². The Bertz CT molecular complexity index is 3150. The maximum absolute atomic E-state index is 6.50. The first-order valence-corrected chi connectivity index (χ1v) is 19.1. The Balaban J connectivity index is 1.07. The van der Waals surface area contributed by atoms with Gasteiger partial charge >= 0.3 is 0 Å². The zero-order valence-electron chi connectivity index (χ0n) is 29.1. The highest BCUT2D eigenvalue weighted by atomic mass is 32.1. The molecule has 254 valence electrons. The Morgan fingerprint density at radius 3 is 2.17 bits per heavy atom. The normalized spacial score (nSPS) is 14.4. The van der Waals surface area contributed by atoms with Crippen LogP contribution in [0.2, 0.25) is 0 Å². The average molecular weight is 710 g/mol. The lowest BCUT2D eigenvalue weighted by Crippen LogP contribution is -2.08. The van der Waals surface area contributed by atoms with E-state index in [4.69, 9.17) is 19.4 Å². The smallest absolute Gasteiger partial charge is 0.164 e.